The Balaban J connectivity index is 1.65. The van der Waals surface area contributed by atoms with Gasteiger partial charge in [-0.25, -0.2) is 4.79 Å². The second-order valence-corrected chi connectivity index (χ2v) is 8.20. The average Bonchev–Trinajstić information content (AvgIpc) is 2.99. The van der Waals surface area contributed by atoms with Crippen LogP contribution < -0.4 is 10.6 Å². The van der Waals surface area contributed by atoms with Crippen LogP contribution in [0.15, 0.2) is 21.2 Å². The standard InChI is InChI=1S/C18H26BrN3O5/c1-18(2,3)27-17(25)20-9-6-15(23)21-12-7-10-22(11-8-12)16(24)13-4-5-14(19)26-13/h4-5,12H,6-11H2,1-3H3,(H,20,25)(H,21,23). The molecule has 1 aliphatic heterocycles. The van der Waals surface area contributed by atoms with Crippen molar-refractivity contribution in [3.63, 3.8) is 0 Å². The van der Waals surface area contributed by atoms with E-state index in [1.807, 2.05) is 0 Å². The minimum Gasteiger partial charge on any atom is -0.444 e. The molecule has 1 aliphatic rings. The molecule has 0 atom stereocenters. The maximum absolute atomic E-state index is 12.3. The maximum atomic E-state index is 12.3. The number of carbonyl (C=O) groups is 3. The summed E-state index contributed by atoms with van der Waals surface area (Å²) in [4.78, 5) is 37.6. The van der Waals surface area contributed by atoms with Gasteiger partial charge < -0.3 is 24.7 Å². The Morgan fingerprint density at radius 3 is 2.48 bits per heavy atom. The van der Waals surface area contributed by atoms with Crippen LogP contribution in [-0.4, -0.2) is 54.1 Å². The highest BCUT2D eigenvalue weighted by Crippen LogP contribution is 2.18. The summed E-state index contributed by atoms with van der Waals surface area (Å²) in [7, 11) is 0. The van der Waals surface area contributed by atoms with Crippen molar-refractivity contribution in [2.45, 2.75) is 51.7 Å². The first-order valence-corrected chi connectivity index (χ1v) is 9.74. The van der Waals surface area contributed by atoms with Gasteiger partial charge in [-0.1, -0.05) is 0 Å². The summed E-state index contributed by atoms with van der Waals surface area (Å²) in [5.41, 5.74) is -0.566. The smallest absolute Gasteiger partial charge is 0.407 e. The molecule has 0 saturated carbocycles. The summed E-state index contributed by atoms with van der Waals surface area (Å²) in [6, 6.07) is 3.34. The summed E-state index contributed by atoms with van der Waals surface area (Å²) < 4.78 is 10.9. The summed E-state index contributed by atoms with van der Waals surface area (Å²) in [6.07, 6.45) is 1.00. The van der Waals surface area contributed by atoms with E-state index in [0.717, 1.165) is 0 Å². The number of nitrogens with one attached hydrogen (secondary N) is 2. The van der Waals surface area contributed by atoms with E-state index in [2.05, 4.69) is 26.6 Å². The SMILES string of the molecule is CC(C)(C)OC(=O)NCCC(=O)NC1CCN(C(=O)c2ccc(Br)o2)CC1. The highest BCUT2D eigenvalue weighted by molar-refractivity contribution is 9.10. The van der Waals surface area contributed by atoms with Gasteiger partial charge in [0, 0.05) is 32.1 Å². The van der Waals surface area contributed by atoms with E-state index < -0.39 is 11.7 Å². The van der Waals surface area contributed by atoms with Gasteiger partial charge in [-0.2, -0.15) is 0 Å². The van der Waals surface area contributed by atoms with Gasteiger partial charge in [-0.15, -0.1) is 0 Å². The zero-order chi connectivity index (χ0) is 20.0. The lowest BCUT2D eigenvalue weighted by atomic mass is 10.0. The Morgan fingerprint density at radius 1 is 1.26 bits per heavy atom. The van der Waals surface area contributed by atoms with Crippen LogP contribution in [0.3, 0.4) is 0 Å². The van der Waals surface area contributed by atoms with E-state index in [1.54, 1.807) is 37.8 Å². The number of likely N-dealkylation sites (tertiary alicyclic amines) is 1. The van der Waals surface area contributed by atoms with Gasteiger partial charge in [0.2, 0.25) is 5.91 Å². The molecule has 1 saturated heterocycles. The minimum absolute atomic E-state index is 0.0198. The zero-order valence-electron chi connectivity index (χ0n) is 15.8. The summed E-state index contributed by atoms with van der Waals surface area (Å²) in [5, 5.41) is 5.50. The third-order valence-corrected chi connectivity index (χ3v) is 4.38. The predicted octanol–water partition coefficient (Wildman–Crippen LogP) is 2.68. The van der Waals surface area contributed by atoms with Crippen LogP contribution in [0.2, 0.25) is 0 Å². The number of amides is 3. The number of rotatable bonds is 5. The second-order valence-electron chi connectivity index (χ2n) is 7.42. The van der Waals surface area contributed by atoms with Crippen molar-refractivity contribution in [2.75, 3.05) is 19.6 Å². The molecule has 1 aromatic rings. The second kappa shape index (κ2) is 9.25. The van der Waals surface area contributed by atoms with Crippen molar-refractivity contribution in [3.05, 3.63) is 22.6 Å². The Morgan fingerprint density at radius 2 is 1.93 bits per heavy atom. The first kappa shape index (κ1) is 21.3. The molecule has 0 radical (unpaired) electrons. The number of alkyl carbamates (subject to hydrolysis) is 1. The summed E-state index contributed by atoms with van der Waals surface area (Å²) >= 11 is 3.19. The van der Waals surface area contributed by atoms with Crippen molar-refractivity contribution in [1.29, 1.82) is 0 Å². The quantitative estimate of drug-likeness (QED) is 0.728. The van der Waals surface area contributed by atoms with Crippen molar-refractivity contribution in [1.82, 2.24) is 15.5 Å². The zero-order valence-corrected chi connectivity index (χ0v) is 17.4. The molecule has 0 unspecified atom stereocenters. The normalized spacial score (nSPS) is 15.3. The Bertz CT molecular complexity index is 675. The molecule has 2 N–H and O–H groups in total. The molecule has 1 fully saturated rings. The van der Waals surface area contributed by atoms with Crippen molar-refractivity contribution in [3.8, 4) is 0 Å². The molecule has 150 valence electrons. The number of hydrogen-bond donors (Lipinski definition) is 2. The topological polar surface area (TPSA) is 101 Å². The minimum atomic E-state index is -0.566. The van der Waals surface area contributed by atoms with Crippen molar-refractivity contribution < 1.29 is 23.5 Å². The average molecular weight is 444 g/mol. The fraction of sp³-hybridized carbons (Fsp3) is 0.611. The molecule has 0 aliphatic carbocycles. The van der Waals surface area contributed by atoms with E-state index in [4.69, 9.17) is 9.15 Å². The fourth-order valence-electron chi connectivity index (χ4n) is 2.70. The van der Waals surface area contributed by atoms with E-state index >= 15 is 0 Å². The molecule has 0 aromatic carbocycles. The van der Waals surface area contributed by atoms with Crippen molar-refractivity contribution in [2.24, 2.45) is 0 Å². The predicted molar refractivity (Wildman–Crippen MR) is 102 cm³/mol. The first-order valence-electron chi connectivity index (χ1n) is 8.95. The van der Waals surface area contributed by atoms with Gasteiger partial charge in [0.15, 0.2) is 10.4 Å². The van der Waals surface area contributed by atoms with Crippen LogP contribution in [-0.2, 0) is 9.53 Å². The molecule has 2 heterocycles. The van der Waals surface area contributed by atoms with Gasteiger partial charge in [-0.3, -0.25) is 9.59 Å². The Hall–Kier alpha value is -2.03. The largest absolute Gasteiger partial charge is 0.444 e. The number of nitrogens with zero attached hydrogens (tertiary/aromatic N) is 1. The first-order chi connectivity index (χ1) is 12.6. The molecule has 1 aromatic heterocycles. The molecule has 8 nitrogen and oxygen atoms in total. The molecule has 9 heteroatoms. The molecular weight excluding hydrogens is 418 g/mol. The maximum Gasteiger partial charge on any atom is 0.407 e. The molecule has 0 bridgehead atoms. The van der Waals surface area contributed by atoms with Crippen LogP contribution in [0.4, 0.5) is 4.79 Å². The van der Waals surface area contributed by atoms with E-state index in [1.165, 1.54) is 0 Å². The molecule has 3 amide bonds. The van der Waals surface area contributed by atoms with Crippen LogP contribution in [0, 0.1) is 0 Å². The lowest BCUT2D eigenvalue weighted by Crippen LogP contribution is -2.47. The van der Waals surface area contributed by atoms with Gasteiger partial charge >= 0.3 is 6.09 Å². The number of ether oxygens (including phenoxy) is 1. The van der Waals surface area contributed by atoms with Gasteiger partial charge in [0.25, 0.3) is 5.91 Å². The van der Waals surface area contributed by atoms with Crippen LogP contribution in [0.25, 0.3) is 0 Å². The molecular formula is C18H26BrN3O5. The highest BCUT2D eigenvalue weighted by Gasteiger charge is 2.26. The molecule has 0 spiro atoms. The monoisotopic (exact) mass is 443 g/mol. The molecule has 2 rings (SSSR count). The van der Waals surface area contributed by atoms with E-state index in [0.29, 0.717) is 36.4 Å². The summed E-state index contributed by atoms with van der Waals surface area (Å²) in [5.74, 6) is 0.0235. The Kier molecular flexibility index (Phi) is 7.29. The van der Waals surface area contributed by atoms with Crippen LogP contribution in [0.1, 0.15) is 50.6 Å². The van der Waals surface area contributed by atoms with Gasteiger partial charge in [0.05, 0.1) is 0 Å². The van der Waals surface area contributed by atoms with Crippen LogP contribution >= 0.6 is 15.9 Å². The van der Waals surface area contributed by atoms with Crippen molar-refractivity contribution >= 4 is 33.8 Å². The Labute approximate surface area is 167 Å². The number of hydrogen-bond acceptors (Lipinski definition) is 5. The van der Waals surface area contributed by atoms with Gasteiger partial charge in [0.1, 0.15) is 5.60 Å². The molecule has 27 heavy (non-hydrogen) atoms. The lowest BCUT2D eigenvalue weighted by Gasteiger charge is -2.31. The van der Waals surface area contributed by atoms with Crippen LogP contribution in [0.5, 0.6) is 0 Å². The lowest BCUT2D eigenvalue weighted by molar-refractivity contribution is -0.121. The van der Waals surface area contributed by atoms with E-state index in [-0.39, 0.29) is 30.8 Å². The third-order valence-electron chi connectivity index (χ3n) is 3.95. The number of halogens is 1. The third kappa shape index (κ3) is 7.24. The van der Waals surface area contributed by atoms with E-state index in [9.17, 15) is 14.4 Å². The fourth-order valence-corrected chi connectivity index (χ4v) is 3.01. The summed E-state index contributed by atoms with van der Waals surface area (Å²) in [6.45, 7) is 6.66. The van der Waals surface area contributed by atoms with Gasteiger partial charge in [-0.05, 0) is 61.7 Å². The number of furan rings is 1. The highest BCUT2D eigenvalue weighted by atomic mass is 79.9. The number of carbonyl (C=O) groups excluding carboxylic acids is 3. The number of piperidine rings is 1.